The van der Waals surface area contributed by atoms with Gasteiger partial charge in [0.1, 0.15) is 0 Å². The number of amides is 3. The van der Waals surface area contributed by atoms with Crippen LogP contribution in [0, 0.1) is 0 Å². The summed E-state index contributed by atoms with van der Waals surface area (Å²) >= 11 is 0. The normalized spacial score (nSPS) is 13.1. The first kappa shape index (κ1) is 14.8. The van der Waals surface area contributed by atoms with E-state index < -0.39 is 11.8 Å². The third-order valence-corrected chi connectivity index (χ3v) is 2.95. The monoisotopic (exact) mass is 287 g/mol. The van der Waals surface area contributed by atoms with Crippen LogP contribution in [0.25, 0.3) is 0 Å². The first-order chi connectivity index (χ1) is 10.1. The average Bonchev–Trinajstić information content (AvgIpc) is 3.29. The van der Waals surface area contributed by atoms with E-state index in [1.165, 1.54) is 6.08 Å². The summed E-state index contributed by atoms with van der Waals surface area (Å²) in [6.07, 6.45) is 3.43. The Morgan fingerprint density at radius 1 is 1.19 bits per heavy atom. The van der Waals surface area contributed by atoms with Gasteiger partial charge in [0.25, 0.3) is 5.91 Å². The smallest absolute Gasteiger partial charge is 0.313 e. The van der Waals surface area contributed by atoms with Crippen molar-refractivity contribution in [3.63, 3.8) is 0 Å². The second-order valence-electron chi connectivity index (χ2n) is 4.75. The number of carbonyl (C=O) groups is 3. The molecule has 3 amide bonds. The van der Waals surface area contributed by atoms with Crippen molar-refractivity contribution >= 4 is 23.4 Å². The minimum atomic E-state index is -0.816. The van der Waals surface area contributed by atoms with Gasteiger partial charge in [0, 0.05) is 12.6 Å². The molecule has 0 unspecified atom stereocenters. The predicted octanol–water partition coefficient (Wildman–Crippen LogP) is 0.819. The first-order valence-corrected chi connectivity index (χ1v) is 6.71. The van der Waals surface area contributed by atoms with Crippen LogP contribution in [0.4, 0.5) is 5.69 Å². The van der Waals surface area contributed by atoms with Crippen LogP contribution >= 0.6 is 0 Å². The number of anilines is 1. The molecule has 21 heavy (non-hydrogen) atoms. The molecule has 0 spiro atoms. The van der Waals surface area contributed by atoms with E-state index in [0.29, 0.717) is 11.3 Å². The predicted molar refractivity (Wildman–Crippen MR) is 78.8 cm³/mol. The fourth-order valence-electron chi connectivity index (χ4n) is 1.71. The lowest BCUT2D eigenvalue weighted by molar-refractivity contribution is -0.136. The van der Waals surface area contributed by atoms with Crippen molar-refractivity contribution in [3.05, 3.63) is 42.5 Å². The molecule has 0 aromatic heterocycles. The van der Waals surface area contributed by atoms with Gasteiger partial charge in [-0.1, -0.05) is 18.2 Å². The summed E-state index contributed by atoms with van der Waals surface area (Å²) in [6.45, 7) is 3.65. The molecule has 1 aromatic carbocycles. The zero-order chi connectivity index (χ0) is 15.2. The molecular formula is C15H17N3O3. The number of carbonyl (C=O) groups excluding carboxylic acids is 3. The number of nitrogens with one attached hydrogen (secondary N) is 3. The molecule has 3 N–H and O–H groups in total. The molecule has 1 saturated carbocycles. The van der Waals surface area contributed by atoms with E-state index in [1.807, 2.05) is 0 Å². The molecule has 0 heterocycles. The zero-order valence-electron chi connectivity index (χ0n) is 11.5. The minimum absolute atomic E-state index is 0.204. The van der Waals surface area contributed by atoms with E-state index in [9.17, 15) is 14.4 Å². The maximum absolute atomic E-state index is 12.1. The number of para-hydroxylation sites is 1. The molecule has 110 valence electrons. The fourth-order valence-corrected chi connectivity index (χ4v) is 1.71. The van der Waals surface area contributed by atoms with Crippen LogP contribution in [0.3, 0.4) is 0 Å². The maximum atomic E-state index is 12.1. The molecule has 0 aliphatic heterocycles. The third-order valence-electron chi connectivity index (χ3n) is 2.95. The lowest BCUT2D eigenvalue weighted by atomic mass is 10.1. The van der Waals surface area contributed by atoms with Gasteiger partial charge in [-0.3, -0.25) is 14.4 Å². The topological polar surface area (TPSA) is 87.3 Å². The molecule has 1 aliphatic carbocycles. The maximum Gasteiger partial charge on any atom is 0.313 e. The van der Waals surface area contributed by atoms with Crippen LogP contribution in [0.15, 0.2) is 36.9 Å². The lowest BCUT2D eigenvalue weighted by Crippen LogP contribution is -2.36. The number of hydrogen-bond donors (Lipinski definition) is 3. The third kappa shape index (κ3) is 4.17. The highest BCUT2D eigenvalue weighted by Gasteiger charge is 2.25. The van der Waals surface area contributed by atoms with Gasteiger partial charge in [-0.05, 0) is 25.0 Å². The van der Waals surface area contributed by atoms with Crippen LogP contribution < -0.4 is 16.0 Å². The highest BCUT2D eigenvalue weighted by Crippen LogP contribution is 2.21. The van der Waals surface area contributed by atoms with Crippen LogP contribution in [0.2, 0.25) is 0 Å². The molecule has 1 aliphatic rings. The summed E-state index contributed by atoms with van der Waals surface area (Å²) in [5.74, 6) is -1.84. The molecule has 6 nitrogen and oxygen atoms in total. The Labute approximate surface area is 122 Å². The summed E-state index contributed by atoms with van der Waals surface area (Å²) in [4.78, 5) is 35.3. The van der Waals surface area contributed by atoms with E-state index in [4.69, 9.17) is 0 Å². The summed E-state index contributed by atoms with van der Waals surface area (Å²) in [5, 5.41) is 7.66. The fraction of sp³-hybridized carbons (Fsp3) is 0.267. The van der Waals surface area contributed by atoms with Crippen LogP contribution in [-0.2, 0) is 9.59 Å². The summed E-state index contributed by atoms with van der Waals surface area (Å²) < 4.78 is 0. The van der Waals surface area contributed by atoms with Crippen molar-refractivity contribution in [1.82, 2.24) is 10.6 Å². The second kappa shape index (κ2) is 6.69. The van der Waals surface area contributed by atoms with Crippen LogP contribution in [-0.4, -0.2) is 30.3 Å². The van der Waals surface area contributed by atoms with Gasteiger partial charge in [0.05, 0.1) is 11.3 Å². The van der Waals surface area contributed by atoms with Gasteiger partial charge in [-0.15, -0.1) is 6.58 Å². The van der Waals surface area contributed by atoms with Crippen LogP contribution in [0.1, 0.15) is 23.2 Å². The summed E-state index contributed by atoms with van der Waals surface area (Å²) in [6, 6.07) is 6.80. The molecule has 6 heteroatoms. The largest absolute Gasteiger partial charge is 0.349 e. The van der Waals surface area contributed by atoms with Crippen molar-refractivity contribution < 1.29 is 14.4 Å². The summed E-state index contributed by atoms with van der Waals surface area (Å²) in [7, 11) is 0. The highest BCUT2D eigenvalue weighted by atomic mass is 16.2. The standard InChI is InChI=1S/C15H17N3O3/c1-2-9-16-14(20)15(21)18-12-6-4-3-5-11(12)13(19)17-10-7-8-10/h2-6,10H,1,7-9H2,(H,16,20)(H,17,19)(H,18,21). The van der Waals surface area contributed by atoms with Crippen LogP contribution in [0.5, 0.6) is 0 Å². The number of benzene rings is 1. The Morgan fingerprint density at radius 3 is 2.57 bits per heavy atom. The van der Waals surface area contributed by atoms with Crippen molar-refractivity contribution in [2.24, 2.45) is 0 Å². The molecule has 0 atom stereocenters. The molecule has 0 saturated heterocycles. The molecule has 2 rings (SSSR count). The van der Waals surface area contributed by atoms with Gasteiger partial charge in [0.2, 0.25) is 0 Å². The van der Waals surface area contributed by atoms with E-state index in [-0.39, 0.29) is 18.5 Å². The van der Waals surface area contributed by atoms with E-state index in [0.717, 1.165) is 12.8 Å². The Bertz CT molecular complexity index is 579. The number of rotatable bonds is 5. The van der Waals surface area contributed by atoms with Gasteiger partial charge in [-0.25, -0.2) is 0 Å². The van der Waals surface area contributed by atoms with Crippen molar-refractivity contribution in [1.29, 1.82) is 0 Å². The Balaban J connectivity index is 2.05. The van der Waals surface area contributed by atoms with E-state index in [2.05, 4.69) is 22.5 Å². The highest BCUT2D eigenvalue weighted by molar-refractivity contribution is 6.40. The van der Waals surface area contributed by atoms with Crippen molar-refractivity contribution in [2.75, 3.05) is 11.9 Å². The Kier molecular flexibility index (Phi) is 4.71. The molecule has 1 fully saturated rings. The van der Waals surface area contributed by atoms with Gasteiger partial charge >= 0.3 is 11.8 Å². The molecular weight excluding hydrogens is 270 g/mol. The SMILES string of the molecule is C=CCNC(=O)C(=O)Nc1ccccc1C(=O)NC1CC1. The Hall–Kier alpha value is -2.63. The Morgan fingerprint density at radius 2 is 1.90 bits per heavy atom. The molecule has 1 aromatic rings. The molecule has 0 bridgehead atoms. The first-order valence-electron chi connectivity index (χ1n) is 6.71. The zero-order valence-corrected chi connectivity index (χ0v) is 11.5. The second-order valence-corrected chi connectivity index (χ2v) is 4.75. The van der Waals surface area contributed by atoms with Gasteiger partial charge in [-0.2, -0.15) is 0 Å². The molecule has 0 radical (unpaired) electrons. The number of hydrogen-bond acceptors (Lipinski definition) is 3. The van der Waals surface area contributed by atoms with E-state index in [1.54, 1.807) is 24.3 Å². The average molecular weight is 287 g/mol. The van der Waals surface area contributed by atoms with Gasteiger partial charge in [0.15, 0.2) is 0 Å². The van der Waals surface area contributed by atoms with Crippen molar-refractivity contribution in [2.45, 2.75) is 18.9 Å². The van der Waals surface area contributed by atoms with Gasteiger partial charge < -0.3 is 16.0 Å². The van der Waals surface area contributed by atoms with E-state index >= 15 is 0 Å². The lowest BCUT2D eigenvalue weighted by Gasteiger charge is -2.10. The quantitative estimate of drug-likeness (QED) is 0.553. The summed E-state index contributed by atoms with van der Waals surface area (Å²) in [5.41, 5.74) is 0.656. The minimum Gasteiger partial charge on any atom is -0.349 e. The van der Waals surface area contributed by atoms with Crippen molar-refractivity contribution in [3.8, 4) is 0 Å².